The van der Waals surface area contributed by atoms with Crippen LogP contribution in [0.3, 0.4) is 0 Å². The van der Waals surface area contributed by atoms with Crippen molar-refractivity contribution in [1.82, 2.24) is 4.98 Å². The highest BCUT2D eigenvalue weighted by molar-refractivity contribution is 9.10. The number of pyridine rings is 1. The molecule has 15 heavy (non-hydrogen) atoms. The summed E-state index contributed by atoms with van der Waals surface area (Å²) in [7, 11) is 0. The highest BCUT2D eigenvalue weighted by Gasteiger charge is 1.95. The van der Waals surface area contributed by atoms with Crippen LogP contribution in [0.5, 0.6) is 0 Å². The molecular formula is C11H11BrN2S. The first-order chi connectivity index (χ1) is 7.34. The predicted octanol–water partition coefficient (Wildman–Crippen LogP) is 3.56. The van der Waals surface area contributed by atoms with E-state index in [0.717, 1.165) is 23.4 Å². The van der Waals surface area contributed by atoms with E-state index in [4.69, 9.17) is 0 Å². The lowest BCUT2D eigenvalue weighted by Crippen LogP contribution is -2.05. The molecule has 0 spiro atoms. The second-order valence-electron chi connectivity index (χ2n) is 3.15. The Balaban J connectivity index is 1.83. The van der Waals surface area contributed by atoms with Crippen molar-refractivity contribution in [3.63, 3.8) is 0 Å². The van der Waals surface area contributed by atoms with Crippen molar-refractivity contribution in [2.45, 2.75) is 6.42 Å². The van der Waals surface area contributed by atoms with Crippen molar-refractivity contribution in [3.8, 4) is 0 Å². The molecule has 0 amide bonds. The molecule has 0 saturated heterocycles. The van der Waals surface area contributed by atoms with Gasteiger partial charge in [-0.3, -0.25) is 0 Å². The van der Waals surface area contributed by atoms with Gasteiger partial charge in [0.15, 0.2) is 0 Å². The quantitative estimate of drug-likeness (QED) is 0.868. The zero-order valence-corrected chi connectivity index (χ0v) is 10.5. The molecule has 0 unspecified atom stereocenters. The number of halogens is 1. The topological polar surface area (TPSA) is 24.9 Å². The first-order valence-corrected chi connectivity index (χ1v) is 6.46. The summed E-state index contributed by atoms with van der Waals surface area (Å²) in [5.41, 5.74) is 1.38. The van der Waals surface area contributed by atoms with Crippen LogP contribution in [0.2, 0.25) is 0 Å². The van der Waals surface area contributed by atoms with Crippen LogP contribution < -0.4 is 5.32 Å². The number of thiophene rings is 1. The molecule has 0 saturated carbocycles. The molecule has 0 aliphatic carbocycles. The SMILES string of the molecule is Brc1cccc(NCCc2ccsc2)n1. The van der Waals surface area contributed by atoms with Gasteiger partial charge in [0.1, 0.15) is 10.4 Å². The first kappa shape index (κ1) is 10.6. The van der Waals surface area contributed by atoms with Gasteiger partial charge < -0.3 is 5.32 Å². The van der Waals surface area contributed by atoms with Crippen LogP contribution in [0, 0.1) is 0 Å². The zero-order valence-electron chi connectivity index (χ0n) is 8.11. The second kappa shape index (κ2) is 5.28. The first-order valence-electron chi connectivity index (χ1n) is 4.72. The van der Waals surface area contributed by atoms with Gasteiger partial charge >= 0.3 is 0 Å². The molecule has 0 atom stereocenters. The van der Waals surface area contributed by atoms with Gasteiger partial charge in [0.05, 0.1) is 0 Å². The summed E-state index contributed by atoms with van der Waals surface area (Å²) in [4.78, 5) is 4.30. The maximum atomic E-state index is 4.30. The number of hydrogen-bond acceptors (Lipinski definition) is 3. The number of rotatable bonds is 4. The van der Waals surface area contributed by atoms with Crippen molar-refractivity contribution < 1.29 is 0 Å². The largest absolute Gasteiger partial charge is 0.370 e. The molecule has 0 radical (unpaired) electrons. The molecule has 2 aromatic rings. The number of anilines is 1. The van der Waals surface area contributed by atoms with Gasteiger partial charge in [-0.25, -0.2) is 4.98 Å². The third kappa shape index (κ3) is 3.32. The van der Waals surface area contributed by atoms with Crippen molar-refractivity contribution in [3.05, 3.63) is 45.2 Å². The third-order valence-corrected chi connectivity index (χ3v) is 3.19. The van der Waals surface area contributed by atoms with E-state index < -0.39 is 0 Å². The Hall–Kier alpha value is -0.870. The van der Waals surface area contributed by atoms with E-state index in [1.165, 1.54) is 5.56 Å². The van der Waals surface area contributed by atoms with Gasteiger partial charge in [0.2, 0.25) is 0 Å². The lowest BCUT2D eigenvalue weighted by Gasteiger charge is -2.04. The molecule has 4 heteroatoms. The Kier molecular flexibility index (Phi) is 3.75. The minimum absolute atomic E-state index is 0.864. The number of nitrogens with zero attached hydrogens (tertiary/aromatic N) is 1. The number of nitrogens with one attached hydrogen (secondary N) is 1. The fourth-order valence-electron chi connectivity index (χ4n) is 1.28. The van der Waals surface area contributed by atoms with Crippen molar-refractivity contribution in [1.29, 1.82) is 0 Å². The molecule has 2 nitrogen and oxygen atoms in total. The molecule has 2 aromatic heterocycles. The Morgan fingerprint density at radius 1 is 1.33 bits per heavy atom. The maximum absolute atomic E-state index is 4.30. The van der Waals surface area contributed by atoms with Crippen molar-refractivity contribution in [2.75, 3.05) is 11.9 Å². The summed E-state index contributed by atoms with van der Waals surface area (Å²) in [6.45, 7) is 0.917. The Morgan fingerprint density at radius 3 is 3.00 bits per heavy atom. The summed E-state index contributed by atoms with van der Waals surface area (Å²) in [6, 6.07) is 8.02. The molecule has 0 aromatic carbocycles. The van der Waals surface area contributed by atoms with Gasteiger partial charge in [0.25, 0.3) is 0 Å². The van der Waals surface area contributed by atoms with Gasteiger partial charge in [0, 0.05) is 6.54 Å². The van der Waals surface area contributed by atoms with Crippen molar-refractivity contribution in [2.24, 2.45) is 0 Å². The highest BCUT2D eigenvalue weighted by atomic mass is 79.9. The lowest BCUT2D eigenvalue weighted by molar-refractivity contribution is 1.01. The number of aromatic nitrogens is 1. The summed E-state index contributed by atoms with van der Waals surface area (Å²) in [5, 5.41) is 7.57. The van der Waals surface area contributed by atoms with E-state index in [9.17, 15) is 0 Å². The van der Waals surface area contributed by atoms with Gasteiger partial charge in [-0.05, 0) is 56.9 Å². The smallest absolute Gasteiger partial charge is 0.127 e. The Morgan fingerprint density at radius 2 is 2.27 bits per heavy atom. The van der Waals surface area contributed by atoms with Gasteiger partial charge in [-0.15, -0.1) is 0 Å². The van der Waals surface area contributed by atoms with Crippen LogP contribution in [-0.2, 0) is 6.42 Å². The van der Waals surface area contributed by atoms with E-state index >= 15 is 0 Å². The minimum atomic E-state index is 0.864. The Bertz CT molecular complexity index is 414. The summed E-state index contributed by atoms with van der Waals surface area (Å²) in [6.07, 6.45) is 1.04. The molecular weight excluding hydrogens is 272 g/mol. The molecule has 78 valence electrons. The van der Waals surface area contributed by atoms with E-state index in [0.29, 0.717) is 0 Å². The highest BCUT2D eigenvalue weighted by Crippen LogP contribution is 2.11. The summed E-state index contributed by atoms with van der Waals surface area (Å²) in [5.74, 6) is 0.916. The van der Waals surface area contributed by atoms with Crippen LogP contribution >= 0.6 is 27.3 Å². The molecule has 0 aliphatic rings. The lowest BCUT2D eigenvalue weighted by atomic mass is 10.2. The fraction of sp³-hybridized carbons (Fsp3) is 0.182. The Labute approximate surface area is 101 Å². The molecule has 0 aliphatic heterocycles. The molecule has 2 heterocycles. The second-order valence-corrected chi connectivity index (χ2v) is 4.75. The van der Waals surface area contributed by atoms with Crippen molar-refractivity contribution >= 4 is 33.1 Å². The normalized spacial score (nSPS) is 10.2. The number of hydrogen-bond donors (Lipinski definition) is 1. The summed E-state index contributed by atoms with van der Waals surface area (Å²) < 4.78 is 0.864. The van der Waals surface area contributed by atoms with Crippen LogP contribution in [0.1, 0.15) is 5.56 Å². The predicted molar refractivity (Wildman–Crippen MR) is 68.4 cm³/mol. The summed E-state index contributed by atoms with van der Waals surface area (Å²) >= 11 is 5.08. The molecule has 2 rings (SSSR count). The fourth-order valence-corrected chi connectivity index (χ4v) is 2.32. The average molecular weight is 283 g/mol. The van der Waals surface area contributed by atoms with E-state index in [1.54, 1.807) is 11.3 Å². The standard InChI is InChI=1S/C11H11BrN2S/c12-10-2-1-3-11(14-10)13-6-4-9-5-7-15-8-9/h1-3,5,7-8H,4,6H2,(H,13,14). The monoisotopic (exact) mass is 282 g/mol. The molecule has 0 fully saturated rings. The van der Waals surface area contributed by atoms with Crippen LogP contribution in [-0.4, -0.2) is 11.5 Å². The van der Waals surface area contributed by atoms with E-state index in [2.05, 4.69) is 43.1 Å². The molecule has 1 N–H and O–H groups in total. The minimum Gasteiger partial charge on any atom is -0.370 e. The van der Waals surface area contributed by atoms with Gasteiger partial charge in [-0.1, -0.05) is 6.07 Å². The van der Waals surface area contributed by atoms with Crippen LogP contribution in [0.25, 0.3) is 0 Å². The molecule has 0 bridgehead atoms. The van der Waals surface area contributed by atoms with E-state index in [-0.39, 0.29) is 0 Å². The van der Waals surface area contributed by atoms with E-state index in [1.807, 2.05) is 18.2 Å². The zero-order chi connectivity index (χ0) is 10.5. The van der Waals surface area contributed by atoms with Crippen LogP contribution in [0.15, 0.2) is 39.6 Å². The van der Waals surface area contributed by atoms with Gasteiger partial charge in [-0.2, -0.15) is 11.3 Å². The van der Waals surface area contributed by atoms with Crippen LogP contribution in [0.4, 0.5) is 5.82 Å². The maximum Gasteiger partial charge on any atom is 0.127 e. The third-order valence-electron chi connectivity index (χ3n) is 2.02. The average Bonchev–Trinajstić information content (AvgIpc) is 2.71.